The highest BCUT2D eigenvalue weighted by Gasteiger charge is 2.51. The standard InChI is InChI=1S/C38H33BO2/c1-37(2)38(3,4)41-39(40-37)36-20-18-27(19-21-36)31-14-15-35-25-33(16-17-34(35)24-31)30-11-7-10-29(23-30)32-13-12-26-8-5-6-9-28(26)22-32/h5-25H,1-4H3. The van der Waals surface area contributed by atoms with Gasteiger partial charge in [-0.2, -0.15) is 0 Å². The molecule has 1 fully saturated rings. The molecule has 1 heterocycles. The summed E-state index contributed by atoms with van der Waals surface area (Å²) in [5.41, 5.74) is 7.65. The van der Waals surface area contributed by atoms with Crippen molar-refractivity contribution in [3.63, 3.8) is 0 Å². The lowest BCUT2D eigenvalue weighted by atomic mass is 9.78. The van der Waals surface area contributed by atoms with E-state index in [0.29, 0.717) is 0 Å². The summed E-state index contributed by atoms with van der Waals surface area (Å²) in [5, 5.41) is 4.99. The van der Waals surface area contributed by atoms with Gasteiger partial charge in [-0.3, -0.25) is 0 Å². The van der Waals surface area contributed by atoms with Gasteiger partial charge in [0.1, 0.15) is 0 Å². The van der Waals surface area contributed by atoms with E-state index in [1.807, 2.05) is 0 Å². The molecule has 0 spiro atoms. The van der Waals surface area contributed by atoms with E-state index in [0.717, 1.165) is 5.46 Å². The first-order chi connectivity index (χ1) is 19.8. The summed E-state index contributed by atoms with van der Waals surface area (Å²) in [6.07, 6.45) is 0. The third-order valence-corrected chi connectivity index (χ3v) is 8.89. The maximum atomic E-state index is 6.23. The van der Waals surface area contributed by atoms with Crippen LogP contribution in [0.1, 0.15) is 27.7 Å². The highest BCUT2D eigenvalue weighted by Crippen LogP contribution is 2.37. The molecule has 0 atom stereocenters. The number of rotatable bonds is 4. The Balaban J connectivity index is 1.14. The van der Waals surface area contributed by atoms with Crippen molar-refractivity contribution in [1.82, 2.24) is 0 Å². The van der Waals surface area contributed by atoms with Crippen molar-refractivity contribution in [2.45, 2.75) is 38.9 Å². The monoisotopic (exact) mass is 532 g/mol. The molecule has 0 amide bonds. The van der Waals surface area contributed by atoms with Crippen molar-refractivity contribution in [1.29, 1.82) is 0 Å². The van der Waals surface area contributed by atoms with Gasteiger partial charge >= 0.3 is 7.12 Å². The molecular weight excluding hydrogens is 499 g/mol. The van der Waals surface area contributed by atoms with Crippen LogP contribution < -0.4 is 5.46 Å². The minimum absolute atomic E-state index is 0.342. The molecule has 6 aromatic carbocycles. The van der Waals surface area contributed by atoms with Crippen molar-refractivity contribution in [3.8, 4) is 33.4 Å². The number of fused-ring (bicyclic) bond motifs is 2. The van der Waals surface area contributed by atoms with Crippen LogP contribution in [0.15, 0.2) is 127 Å². The molecule has 1 saturated heterocycles. The van der Waals surface area contributed by atoms with Crippen molar-refractivity contribution in [3.05, 3.63) is 127 Å². The number of hydrogen-bond donors (Lipinski definition) is 0. The molecule has 0 bridgehead atoms. The lowest BCUT2D eigenvalue weighted by molar-refractivity contribution is 0.00578. The van der Waals surface area contributed by atoms with Gasteiger partial charge in [0.05, 0.1) is 11.2 Å². The average Bonchev–Trinajstić information content (AvgIpc) is 3.22. The van der Waals surface area contributed by atoms with Crippen LogP contribution in [0.2, 0.25) is 0 Å². The van der Waals surface area contributed by atoms with Crippen LogP contribution in [0.5, 0.6) is 0 Å². The first-order valence-corrected chi connectivity index (χ1v) is 14.4. The van der Waals surface area contributed by atoms with Gasteiger partial charge in [-0.1, -0.05) is 103 Å². The maximum absolute atomic E-state index is 6.23. The quantitative estimate of drug-likeness (QED) is 0.211. The van der Waals surface area contributed by atoms with Gasteiger partial charge in [0.2, 0.25) is 0 Å². The van der Waals surface area contributed by atoms with Crippen molar-refractivity contribution >= 4 is 34.1 Å². The second kappa shape index (κ2) is 9.73. The smallest absolute Gasteiger partial charge is 0.399 e. The Kier molecular flexibility index (Phi) is 6.12. The molecule has 41 heavy (non-hydrogen) atoms. The lowest BCUT2D eigenvalue weighted by Crippen LogP contribution is -2.41. The van der Waals surface area contributed by atoms with Gasteiger partial charge in [-0.05, 0) is 112 Å². The fourth-order valence-corrected chi connectivity index (χ4v) is 5.66. The average molecular weight is 532 g/mol. The molecule has 0 radical (unpaired) electrons. The van der Waals surface area contributed by atoms with Crippen LogP contribution in [0.25, 0.3) is 54.9 Å². The van der Waals surface area contributed by atoms with Crippen molar-refractivity contribution in [2.24, 2.45) is 0 Å². The van der Waals surface area contributed by atoms with E-state index in [1.54, 1.807) is 0 Å². The summed E-state index contributed by atoms with van der Waals surface area (Å²) < 4.78 is 12.5. The Bertz CT molecular complexity index is 1890. The van der Waals surface area contributed by atoms with Crippen LogP contribution in [-0.4, -0.2) is 18.3 Å². The normalized spacial score (nSPS) is 16.0. The summed E-state index contributed by atoms with van der Waals surface area (Å²) in [4.78, 5) is 0. The molecule has 2 nitrogen and oxygen atoms in total. The molecule has 200 valence electrons. The van der Waals surface area contributed by atoms with E-state index in [-0.39, 0.29) is 18.3 Å². The molecular formula is C38H33BO2. The van der Waals surface area contributed by atoms with E-state index >= 15 is 0 Å². The second-order valence-electron chi connectivity index (χ2n) is 12.1. The fourth-order valence-electron chi connectivity index (χ4n) is 5.66. The Morgan fingerprint density at radius 3 is 1.37 bits per heavy atom. The molecule has 6 aromatic rings. The zero-order valence-corrected chi connectivity index (χ0v) is 24.0. The Morgan fingerprint density at radius 2 is 0.805 bits per heavy atom. The fraction of sp³-hybridized carbons (Fsp3) is 0.158. The second-order valence-corrected chi connectivity index (χ2v) is 12.1. The number of benzene rings is 6. The largest absolute Gasteiger partial charge is 0.494 e. The Hall–Kier alpha value is -4.18. The predicted octanol–water partition coefficient (Wildman–Crippen LogP) is 9.29. The topological polar surface area (TPSA) is 18.5 Å². The van der Waals surface area contributed by atoms with Crippen LogP contribution in [-0.2, 0) is 9.31 Å². The minimum atomic E-state index is -0.344. The third-order valence-electron chi connectivity index (χ3n) is 8.89. The van der Waals surface area contributed by atoms with Gasteiger partial charge in [0, 0.05) is 0 Å². The third kappa shape index (κ3) is 4.76. The summed E-state index contributed by atoms with van der Waals surface area (Å²) >= 11 is 0. The van der Waals surface area contributed by atoms with Crippen molar-refractivity contribution in [2.75, 3.05) is 0 Å². The Morgan fingerprint density at radius 1 is 0.390 bits per heavy atom. The van der Waals surface area contributed by atoms with Crippen molar-refractivity contribution < 1.29 is 9.31 Å². The van der Waals surface area contributed by atoms with E-state index in [1.165, 1.54) is 54.9 Å². The SMILES string of the molecule is CC1(C)OB(c2ccc(-c3ccc4cc(-c5cccc(-c6ccc7ccccc7c6)c5)ccc4c3)cc2)OC1(C)C. The molecule has 0 unspecified atom stereocenters. The van der Waals surface area contributed by atoms with E-state index in [2.05, 4.69) is 155 Å². The summed E-state index contributed by atoms with van der Waals surface area (Å²) in [6.45, 7) is 8.35. The predicted molar refractivity (Wildman–Crippen MR) is 173 cm³/mol. The first kappa shape index (κ1) is 25.8. The minimum Gasteiger partial charge on any atom is -0.399 e. The molecule has 1 aliphatic rings. The summed E-state index contributed by atoms with van der Waals surface area (Å²) in [6, 6.07) is 46.1. The van der Waals surface area contributed by atoms with Gasteiger partial charge in [0.25, 0.3) is 0 Å². The van der Waals surface area contributed by atoms with Crippen LogP contribution >= 0.6 is 0 Å². The number of hydrogen-bond acceptors (Lipinski definition) is 2. The molecule has 0 aromatic heterocycles. The molecule has 0 aliphatic carbocycles. The van der Waals surface area contributed by atoms with Gasteiger partial charge in [-0.25, -0.2) is 0 Å². The van der Waals surface area contributed by atoms with E-state index in [9.17, 15) is 0 Å². The van der Waals surface area contributed by atoms with Gasteiger partial charge < -0.3 is 9.31 Å². The first-order valence-electron chi connectivity index (χ1n) is 14.4. The van der Waals surface area contributed by atoms with Crippen LogP contribution in [0, 0.1) is 0 Å². The van der Waals surface area contributed by atoms with E-state index < -0.39 is 0 Å². The van der Waals surface area contributed by atoms with E-state index in [4.69, 9.17) is 9.31 Å². The zero-order valence-electron chi connectivity index (χ0n) is 24.0. The summed E-state index contributed by atoms with van der Waals surface area (Å²) in [5.74, 6) is 0. The maximum Gasteiger partial charge on any atom is 0.494 e. The molecule has 0 saturated carbocycles. The highest BCUT2D eigenvalue weighted by atomic mass is 16.7. The van der Waals surface area contributed by atoms with Crippen LogP contribution in [0.3, 0.4) is 0 Å². The zero-order chi connectivity index (χ0) is 28.2. The van der Waals surface area contributed by atoms with Crippen LogP contribution in [0.4, 0.5) is 0 Å². The Labute approximate surface area is 242 Å². The summed E-state index contributed by atoms with van der Waals surface area (Å²) in [7, 11) is -0.344. The molecule has 0 N–H and O–H groups in total. The highest BCUT2D eigenvalue weighted by molar-refractivity contribution is 6.62. The molecule has 1 aliphatic heterocycles. The van der Waals surface area contributed by atoms with Gasteiger partial charge in [0.15, 0.2) is 0 Å². The molecule has 3 heteroatoms. The molecule has 7 rings (SSSR count). The lowest BCUT2D eigenvalue weighted by Gasteiger charge is -2.32. The van der Waals surface area contributed by atoms with Gasteiger partial charge in [-0.15, -0.1) is 0 Å².